The Morgan fingerprint density at radius 2 is 1.94 bits per heavy atom. The number of benzene rings is 1. The molecule has 0 aliphatic heterocycles. The highest BCUT2D eigenvalue weighted by molar-refractivity contribution is 5.83. The van der Waals surface area contributed by atoms with Gasteiger partial charge in [0.2, 0.25) is 0 Å². The summed E-state index contributed by atoms with van der Waals surface area (Å²) >= 11 is 0. The molecular formula is C16H26N2. The number of hydrogen-bond donors (Lipinski definition) is 0. The van der Waals surface area contributed by atoms with Gasteiger partial charge in [-0.2, -0.15) is 0 Å². The van der Waals surface area contributed by atoms with E-state index in [2.05, 4.69) is 61.0 Å². The van der Waals surface area contributed by atoms with Gasteiger partial charge in [-0.3, -0.25) is 9.89 Å². The third kappa shape index (κ3) is 5.01. The van der Waals surface area contributed by atoms with Crippen LogP contribution in [-0.4, -0.2) is 37.3 Å². The number of rotatable bonds is 7. The van der Waals surface area contributed by atoms with E-state index >= 15 is 0 Å². The van der Waals surface area contributed by atoms with Crippen LogP contribution in [0.15, 0.2) is 35.3 Å². The first kappa shape index (κ1) is 14.9. The molecule has 0 spiro atoms. The van der Waals surface area contributed by atoms with Gasteiger partial charge in [-0.1, -0.05) is 44.2 Å². The standard InChI is InChI=1S/C16H26N2/c1-5-11-18(13-15(3)17-4)12-14(2)16-9-7-6-8-10-16/h6-10,14H,5,11-13H2,1-4H3. The van der Waals surface area contributed by atoms with E-state index < -0.39 is 0 Å². The van der Waals surface area contributed by atoms with E-state index in [0.29, 0.717) is 5.92 Å². The van der Waals surface area contributed by atoms with Gasteiger partial charge in [0.1, 0.15) is 0 Å². The van der Waals surface area contributed by atoms with Gasteiger partial charge in [-0.05, 0) is 31.4 Å². The van der Waals surface area contributed by atoms with Crippen LogP contribution in [0.1, 0.15) is 38.7 Å². The summed E-state index contributed by atoms with van der Waals surface area (Å²) in [6.07, 6.45) is 1.19. The van der Waals surface area contributed by atoms with E-state index in [1.165, 1.54) is 17.7 Å². The average molecular weight is 246 g/mol. The molecule has 1 atom stereocenters. The summed E-state index contributed by atoms with van der Waals surface area (Å²) in [6, 6.07) is 10.8. The lowest BCUT2D eigenvalue weighted by Gasteiger charge is -2.25. The van der Waals surface area contributed by atoms with Crippen molar-refractivity contribution in [1.29, 1.82) is 0 Å². The average Bonchev–Trinajstić information content (AvgIpc) is 2.39. The van der Waals surface area contributed by atoms with Gasteiger partial charge in [0.05, 0.1) is 0 Å². The van der Waals surface area contributed by atoms with E-state index in [9.17, 15) is 0 Å². The van der Waals surface area contributed by atoms with Crippen molar-refractivity contribution in [1.82, 2.24) is 4.90 Å². The smallest absolute Gasteiger partial charge is 0.0360 e. The quantitative estimate of drug-likeness (QED) is 0.671. The third-order valence-corrected chi connectivity index (χ3v) is 3.27. The van der Waals surface area contributed by atoms with Crippen LogP contribution in [0.3, 0.4) is 0 Å². The monoisotopic (exact) mass is 246 g/mol. The summed E-state index contributed by atoms with van der Waals surface area (Å²) in [6.45, 7) is 9.88. The lowest BCUT2D eigenvalue weighted by molar-refractivity contribution is 0.295. The molecule has 0 heterocycles. The summed E-state index contributed by atoms with van der Waals surface area (Å²) in [4.78, 5) is 6.77. The topological polar surface area (TPSA) is 15.6 Å². The maximum absolute atomic E-state index is 4.27. The number of hydrogen-bond acceptors (Lipinski definition) is 2. The second-order valence-corrected chi connectivity index (χ2v) is 5.01. The Bertz CT molecular complexity index is 357. The molecule has 0 amide bonds. The number of nitrogens with zero attached hydrogens (tertiary/aromatic N) is 2. The molecule has 1 unspecified atom stereocenters. The highest BCUT2D eigenvalue weighted by Gasteiger charge is 2.11. The van der Waals surface area contributed by atoms with Crippen molar-refractivity contribution >= 4 is 5.71 Å². The first-order valence-electron chi connectivity index (χ1n) is 6.87. The van der Waals surface area contributed by atoms with Crippen LogP contribution < -0.4 is 0 Å². The van der Waals surface area contributed by atoms with Crippen molar-refractivity contribution in [3.05, 3.63) is 35.9 Å². The van der Waals surface area contributed by atoms with Crippen molar-refractivity contribution in [2.75, 3.05) is 26.7 Å². The van der Waals surface area contributed by atoms with E-state index in [1.54, 1.807) is 0 Å². The van der Waals surface area contributed by atoms with Gasteiger partial charge < -0.3 is 0 Å². The summed E-state index contributed by atoms with van der Waals surface area (Å²) in [5.74, 6) is 0.572. The maximum atomic E-state index is 4.27. The molecule has 18 heavy (non-hydrogen) atoms. The molecule has 0 bridgehead atoms. The van der Waals surface area contributed by atoms with Crippen molar-refractivity contribution in [3.8, 4) is 0 Å². The Labute approximate surface area is 112 Å². The van der Waals surface area contributed by atoms with Gasteiger partial charge in [-0.25, -0.2) is 0 Å². The minimum atomic E-state index is 0.572. The second-order valence-electron chi connectivity index (χ2n) is 5.01. The Kier molecular flexibility index (Phi) is 6.66. The molecule has 0 aliphatic carbocycles. The van der Waals surface area contributed by atoms with Gasteiger partial charge in [0.15, 0.2) is 0 Å². The molecule has 100 valence electrons. The van der Waals surface area contributed by atoms with E-state index in [-0.39, 0.29) is 0 Å². The van der Waals surface area contributed by atoms with Crippen LogP contribution in [0.2, 0.25) is 0 Å². The molecule has 1 aromatic carbocycles. The zero-order valence-corrected chi connectivity index (χ0v) is 12.2. The molecule has 1 aromatic rings. The zero-order chi connectivity index (χ0) is 13.4. The molecule has 2 heteroatoms. The highest BCUT2D eigenvalue weighted by Crippen LogP contribution is 2.16. The number of aliphatic imine (C=N–C) groups is 1. The molecule has 0 N–H and O–H groups in total. The van der Waals surface area contributed by atoms with Gasteiger partial charge in [0, 0.05) is 25.8 Å². The molecule has 0 saturated carbocycles. The minimum Gasteiger partial charge on any atom is -0.297 e. The summed E-state index contributed by atoms with van der Waals surface area (Å²) < 4.78 is 0. The lowest BCUT2D eigenvalue weighted by atomic mass is 10.0. The SMILES string of the molecule is CCCN(CC(C)=NC)CC(C)c1ccccc1. The molecular weight excluding hydrogens is 220 g/mol. The van der Waals surface area contributed by atoms with E-state index in [4.69, 9.17) is 0 Å². The molecule has 0 radical (unpaired) electrons. The highest BCUT2D eigenvalue weighted by atomic mass is 15.1. The lowest BCUT2D eigenvalue weighted by Crippen LogP contribution is -2.33. The predicted octanol–water partition coefficient (Wildman–Crippen LogP) is 3.59. The fraction of sp³-hybridized carbons (Fsp3) is 0.562. The van der Waals surface area contributed by atoms with Crippen LogP contribution in [0.4, 0.5) is 0 Å². The fourth-order valence-corrected chi connectivity index (χ4v) is 2.22. The van der Waals surface area contributed by atoms with Crippen molar-refractivity contribution < 1.29 is 0 Å². The van der Waals surface area contributed by atoms with Crippen LogP contribution >= 0.6 is 0 Å². The summed E-state index contributed by atoms with van der Waals surface area (Å²) in [5, 5.41) is 0. The van der Waals surface area contributed by atoms with Crippen LogP contribution in [0.25, 0.3) is 0 Å². The molecule has 1 rings (SSSR count). The van der Waals surface area contributed by atoms with Crippen LogP contribution in [0.5, 0.6) is 0 Å². The Morgan fingerprint density at radius 1 is 1.28 bits per heavy atom. The Hall–Kier alpha value is -1.15. The molecule has 0 aromatic heterocycles. The minimum absolute atomic E-state index is 0.572. The van der Waals surface area contributed by atoms with Crippen LogP contribution in [0, 0.1) is 0 Å². The molecule has 0 saturated heterocycles. The molecule has 0 aliphatic rings. The summed E-state index contributed by atoms with van der Waals surface area (Å²) in [7, 11) is 1.88. The third-order valence-electron chi connectivity index (χ3n) is 3.27. The maximum Gasteiger partial charge on any atom is 0.0360 e. The van der Waals surface area contributed by atoms with Gasteiger partial charge in [0.25, 0.3) is 0 Å². The second kappa shape index (κ2) is 8.04. The first-order valence-corrected chi connectivity index (χ1v) is 6.87. The van der Waals surface area contributed by atoms with Gasteiger partial charge in [-0.15, -0.1) is 0 Å². The molecule has 0 fully saturated rings. The van der Waals surface area contributed by atoms with E-state index in [0.717, 1.165) is 19.6 Å². The van der Waals surface area contributed by atoms with Crippen molar-refractivity contribution in [3.63, 3.8) is 0 Å². The van der Waals surface area contributed by atoms with Crippen LogP contribution in [-0.2, 0) is 0 Å². The van der Waals surface area contributed by atoms with Gasteiger partial charge >= 0.3 is 0 Å². The first-order chi connectivity index (χ1) is 8.67. The van der Waals surface area contributed by atoms with Crippen molar-refractivity contribution in [2.24, 2.45) is 4.99 Å². The normalized spacial score (nSPS) is 13.9. The zero-order valence-electron chi connectivity index (χ0n) is 12.2. The Balaban J connectivity index is 2.60. The molecule has 2 nitrogen and oxygen atoms in total. The summed E-state index contributed by atoms with van der Waals surface area (Å²) in [5.41, 5.74) is 2.63. The largest absolute Gasteiger partial charge is 0.297 e. The predicted molar refractivity (Wildman–Crippen MR) is 80.6 cm³/mol. The van der Waals surface area contributed by atoms with E-state index in [1.807, 2.05) is 7.05 Å². The fourth-order valence-electron chi connectivity index (χ4n) is 2.22. The Morgan fingerprint density at radius 3 is 2.50 bits per heavy atom. The van der Waals surface area contributed by atoms with Crippen molar-refractivity contribution in [2.45, 2.75) is 33.1 Å².